The summed E-state index contributed by atoms with van der Waals surface area (Å²) in [6.07, 6.45) is 6.03. The summed E-state index contributed by atoms with van der Waals surface area (Å²) in [6.45, 7) is 5.57. The third-order valence-corrected chi connectivity index (χ3v) is 5.47. The van der Waals surface area contributed by atoms with Gasteiger partial charge in [0.25, 0.3) is 0 Å². The molecule has 1 saturated heterocycles. The Balaban J connectivity index is 1.54. The molecule has 0 radical (unpaired) electrons. The third-order valence-electron chi connectivity index (χ3n) is 5.47. The Morgan fingerprint density at radius 1 is 1.05 bits per heavy atom. The van der Waals surface area contributed by atoms with Gasteiger partial charge in [-0.1, -0.05) is 38.3 Å². The van der Waals surface area contributed by atoms with Crippen LogP contribution in [-0.4, -0.2) is 13.2 Å². The predicted octanol–water partition coefficient (Wildman–Crippen LogP) is 5.01. The minimum atomic E-state index is -0.538. The number of ether oxygens (including phenoxy) is 2. The van der Waals surface area contributed by atoms with E-state index >= 15 is 0 Å². The van der Waals surface area contributed by atoms with Crippen LogP contribution in [0.2, 0.25) is 0 Å². The molecule has 122 valence electrons. The second-order valence-corrected chi connectivity index (χ2v) is 6.97. The Morgan fingerprint density at radius 2 is 1.73 bits per heavy atom. The Bertz CT molecular complexity index is 486. The standard InChI is InChI=1S/C19H27FO2/c1-3-14-5-7-15(8-6-14)16-11-21-19(22-12-16)17-9-4-13(2)10-18(17)20/h4,9-10,14-16,19H,3,5-8,11-12H2,1-2H3/t14-,15-,16-,19-. The maximum atomic E-state index is 14.0. The fraction of sp³-hybridized carbons (Fsp3) is 0.684. The van der Waals surface area contributed by atoms with Crippen LogP contribution in [0.5, 0.6) is 0 Å². The SMILES string of the molecule is CC[C@H]1CC[C@H]([C@H]2CO[C@H](c3ccc(C)cc3F)OC2)CC1. The van der Waals surface area contributed by atoms with Crippen molar-refractivity contribution in [2.45, 2.75) is 52.2 Å². The molecule has 2 fully saturated rings. The van der Waals surface area contributed by atoms with Gasteiger partial charge in [0, 0.05) is 11.5 Å². The first-order valence-corrected chi connectivity index (χ1v) is 8.66. The van der Waals surface area contributed by atoms with Crippen molar-refractivity contribution in [3.8, 4) is 0 Å². The third kappa shape index (κ3) is 3.52. The van der Waals surface area contributed by atoms with Gasteiger partial charge in [0.1, 0.15) is 5.82 Å². The lowest BCUT2D eigenvalue weighted by Gasteiger charge is -2.37. The van der Waals surface area contributed by atoms with Crippen LogP contribution in [-0.2, 0) is 9.47 Å². The van der Waals surface area contributed by atoms with E-state index in [1.807, 2.05) is 13.0 Å². The van der Waals surface area contributed by atoms with Crippen molar-refractivity contribution < 1.29 is 13.9 Å². The van der Waals surface area contributed by atoms with Crippen LogP contribution in [0.25, 0.3) is 0 Å². The van der Waals surface area contributed by atoms with Gasteiger partial charge in [-0.05, 0) is 43.2 Å². The zero-order valence-electron chi connectivity index (χ0n) is 13.7. The highest BCUT2D eigenvalue weighted by molar-refractivity contribution is 5.24. The van der Waals surface area contributed by atoms with Crippen LogP contribution in [0.4, 0.5) is 4.39 Å². The molecule has 1 aromatic carbocycles. The lowest BCUT2D eigenvalue weighted by molar-refractivity contribution is -0.215. The van der Waals surface area contributed by atoms with Crippen molar-refractivity contribution in [3.63, 3.8) is 0 Å². The molecule has 0 bridgehead atoms. The van der Waals surface area contributed by atoms with Crippen molar-refractivity contribution in [1.82, 2.24) is 0 Å². The van der Waals surface area contributed by atoms with E-state index in [-0.39, 0.29) is 5.82 Å². The molecule has 0 N–H and O–H groups in total. The summed E-state index contributed by atoms with van der Waals surface area (Å²) in [5, 5.41) is 0. The molecule has 22 heavy (non-hydrogen) atoms. The molecule has 1 aliphatic carbocycles. The minimum absolute atomic E-state index is 0.230. The van der Waals surface area contributed by atoms with Crippen molar-refractivity contribution in [2.75, 3.05) is 13.2 Å². The zero-order chi connectivity index (χ0) is 15.5. The van der Waals surface area contributed by atoms with E-state index in [1.54, 1.807) is 12.1 Å². The molecule has 3 heteroatoms. The van der Waals surface area contributed by atoms with Crippen LogP contribution in [0.3, 0.4) is 0 Å². The summed E-state index contributed by atoms with van der Waals surface area (Å²) in [7, 11) is 0. The van der Waals surface area contributed by atoms with E-state index in [4.69, 9.17) is 9.47 Å². The average Bonchev–Trinajstić information content (AvgIpc) is 2.55. The Kier molecular flexibility index (Phi) is 5.14. The van der Waals surface area contributed by atoms with Crippen molar-refractivity contribution in [2.24, 2.45) is 17.8 Å². The van der Waals surface area contributed by atoms with E-state index in [0.717, 1.165) is 11.5 Å². The summed E-state index contributed by atoms with van der Waals surface area (Å²) < 4.78 is 25.7. The van der Waals surface area contributed by atoms with Crippen LogP contribution >= 0.6 is 0 Å². The van der Waals surface area contributed by atoms with E-state index in [2.05, 4.69) is 6.92 Å². The summed E-state index contributed by atoms with van der Waals surface area (Å²) in [4.78, 5) is 0. The second-order valence-electron chi connectivity index (χ2n) is 6.97. The number of rotatable bonds is 3. The number of hydrogen-bond donors (Lipinski definition) is 0. The Morgan fingerprint density at radius 3 is 2.32 bits per heavy atom. The normalized spacial score (nSPS) is 32.9. The van der Waals surface area contributed by atoms with Gasteiger partial charge in [0.05, 0.1) is 13.2 Å². The molecular weight excluding hydrogens is 279 g/mol. The average molecular weight is 306 g/mol. The van der Waals surface area contributed by atoms with Gasteiger partial charge in [-0.3, -0.25) is 0 Å². The van der Waals surface area contributed by atoms with E-state index in [1.165, 1.54) is 32.1 Å². The first-order chi connectivity index (χ1) is 10.7. The predicted molar refractivity (Wildman–Crippen MR) is 85.0 cm³/mol. The van der Waals surface area contributed by atoms with Gasteiger partial charge in [0.15, 0.2) is 6.29 Å². The molecule has 1 heterocycles. The quantitative estimate of drug-likeness (QED) is 0.781. The molecule has 0 spiro atoms. The molecule has 3 rings (SSSR count). The maximum Gasteiger partial charge on any atom is 0.186 e. The lowest BCUT2D eigenvalue weighted by Crippen LogP contribution is -2.34. The van der Waals surface area contributed by atoms with Gasteiger partial charge in [0.2, 0.25) is 0 Å². The summed E-state index contributed by atoms with van der Waals surface area (Å²) in [6, 6.07) is 5.23. The monoisotopic (exact) mass is 306 g/mol. The number of aryl methyl sites for hydroxylation is 1. The van der Waals surface area contributed by atoms with Gasteiger partial charge in [-0.2, -0.15) is 0 Å². The first kappa shape index (κ1) is 15.9. The second kappa shape index (κ2) is 7.10. The topological polar surface area (TPSA) is 18.5 Å². The molecule has 0 atom stereocenters. The van der Waals surface area contributed by atoms with Gasteiger partial charge < -0.3 is 9.47 Å². The number of hydrogen-bond acceptors (Lipinski definition) is 2. The molecule has 1 saturated carbocycles. The van der Waals surface area contributed by atoms with Crippen molar-refractivity contribution >= 4 is 0 Å². The zero-order valence-corrected chi connectivity index (χ0v) is 13.7. The van der Waals surface area contributed by atoms with Gasteiger partial charge >= 0.3 is 0 Å². The molecular formula is C19H27FO2. The summed E-state index contributed by atoms with van der Waals surface area (Å²) >= 11 is 0. The van der Waals surface area contributed by atoms with Gasteiger partial charge in [-0.15, -0.1) is 0 Å². The molecule has 1 aliphatic heterocycles. The Labute approximate surface area is 133 Å². The summed E-state index contributed by atoms with van der Waals surface area (Å²) in [5.41, 5.74) is 1.45. The maximum absolute atomic E-state index is 14.0. The van der Waals surface area contributed by atoms with E-state index in [9.17, 15) is 4.39 Å². The first-order valence-electron chi connectivity index (χ1n) is 8.66. The van der Waals surface area contributed by atoms with Crippen LogP contribution < -0.4 is 0 Å². The number of halogens is 1. The number of benzene rings is 1. The largest absolute Gasteiger partial charge is 0.348 e. The molecule has 1 aromatic rings. The molecule has 2 aliphatic rings. The highest BCUT2D eigenvalue weighted by Gasteiger charge is 2.32. The fourth-order valence-corrected chi connectivity index (χ4v) is 3.86. The fourth-order valence-electron chi connectivity index (χ4n) is 3.86. The molecule has 0 unspecified atom stereocenters. The van der Waals surface area contributed by atoms with Crippen molar-refractivity contribution in [1.29, 1.82) is 0 Å². The lowest BCUT2D eigenvalue weighted by atomic mass is 9.75. The van der Waals surface area contributed by atoms with Crippen LogP contribution in [0.1, 0.15) is 56.4 Å². The molecule has 0 amide bonds. The minimum Gasteiger partial charge on any atom is -0.348 e. The highest BCUT2D eigenvalue weighted by Crippen LogP contribution is 2.38. The molecule has 0 aromatic heterocycles. The smallest absolute Gasteiger partial charge is 0.186 e. The van der Waals surface area contributed by atoms with Crippen LogP contribution in [0, 0.1) is 30.5 Å². The van der Waals surface area contributed by atoms with Crippen molar-refractivity contribution in [3.05, 3.63) is 35.1 Å². The summed E-state index contributed by atoms with van der Waals surface area (Å²) in [5.74, 6) is 1.87. The van der Waals surface area contributed by atoms with E-state index in [0.29, 0.717) is 30.6 Å². The highest BCUT2D eigenvalue weighted by atomic mass is 19.1. The Hall–Kier alpha value is -0.930. The van der Waals surface area contributed by atoms with Gasteiger partial charge in [-0.25, -0.2) is 4.39 Å². The van der Waals surface area contributed by atoms with E-state index < -0.39 is 6.29 Å². The molecule has 2 nitrogen and oxygen atoms in total. The van der Waals surface area contributed by atoms with Crippen LogP contribution in [0.15, 0.2) is 18.2 Å².